The predicted octanol–water partition coefficient (Wildman–Crippen LogP) is 5.99. The highest BCUT2D eigenvalue weighted by molar-refractivity contribution is 7.20. The van der Waals surface area contributed by atoms with Crippen molar-refractivity contribution in [1.29, 1.82) is 0 Å². The standard InChI is InChI=1S/C21H26ClN3OS/c1-13-16-11-17(18(26)23-21(5,6)12-20(2,3)4)27-19(16)25(24-13)15-9-7-14(22)8-10-15/h7-11H,12H2,1-6H3,(H,23,26). The van der Waals surface area contributed by atoms with Crippen molar-refractivity contribution >= 4 is 39.1 Å². The third-order valence-electron chi connectivity index (χ3n) is 4.26. The summed E-state index contributed by atoms with van der Waals surface area (Å²) in [6.07, 6.45) is 0.897. The SMILES string of the molecule is Cc1nn(-c2ccc(Cl)cc2)c2sc(C(=O)NC(C)(C)CC(C)(C)C)cc12. The molecule has 1 aromatic carbocycles. The van der Waals surface area contributed by atoms with Crippen LogP contribution in [-0.4, -0.2) is 21.2 Å². The first-order valence-electron chi connectivity index (χ1n) is 9.03. The number of rotatable bonds is 4. The third kappa shape index (κ3) is 4.53. The fourth-order valence-electron chi connectivity index (χ4n) is 3.66. The lowest BCUT2D eigenvalue weighted by Gasteiger charge is -2.33. The van der Waals surface area contributed by atoms with Crippen molar-refractivity contribution in [2.75, 3.05) is 0 Å². The summed E-state index contributed by atoms with van der Waals surface area (Å²) in [4.78, 5) is 14.5. The Morgan fingerprint density at radius 3 is 2.41 bits per heavy atom. The Bertz CT molecular complexity index is 977. The van der Waals surface area contributed by atoms with E-state index < -0.39 is 0 Å². The molecule has 0 bridgehead atoms. The summed E-state index contributed by atoms with van der Waals surface area (Å²) in [5.74, 6) is -0.0347. The number of nitrogens with zero attached hydrogens (tertiary/aromatic N) is 2. The summed E-state index contributed by atoms with van der Waals surface area (Å²) >= 11 is 7.46. The minimum Gasteiger partial charge on any atom is -0.346 e. The van der Waals surface area contributed by atoms with Gasteiger partial charge < -0.3 is 5.32 Å². The van der Waals surface area contributed by atoms with Gasteiger partial charge in [0.15, 0.2) is 0 Å². The molecule has 0 unspecified atom stereocenters. The molecular weight excluding hydrogens is 378 g/mol. The Hall–Kier alpha value is -1.85. The fourth-order valence-corrected chi connectivity index (χ4v) is 4.86. The minimum atomic E-state index is -0.275. The van der Waals surface area contributed by atoms with Crippen LogP contribution in [0.15, 0.2) is 30.3 Å². The van der Waals surface area contributed by atoms with Crippen molar-refractivity contribution in [3.05, 3.63) is 45.9 Å². The Morgan fingerprint density at radius 2 is 1.81 bits per heavy atom. The smallest absolute Gasteiger partial charge is 0.261 e. The maximum absolute atomic E-state index is 12.9. The molecule has 2 heterocycles. The van der Waals surface area contributed by atoms with Gasteiger partial charge in [-0.1, -0.05) is 32.4 Å². The average Bonchev–Trinajstić information content (AvgIpc) is 3.06. The lowest BCUT2D eigenvalue weighted by molar-refractivity contribution is 0.0895. The molecule has 0 aliphatic carbocycles. The second-order valence-electron chi connectivity index (χ2n) is 8.88. The molecule has 0 aliphatic heterocycles. The van der Waals surface area contributed by atoms with Gasteiger partial charge in [-0.3, -0.25) is 4.79 Å². The fraction of sp³-hybridized carbons (Fsp3) is 0.429. The molecule has 0 saturated carbocycles. The molecule has 1 N–H and O–H groups in total. The Balaban J connectivity index is 1.92. The van der Waals surface area contributed by atoms with Crippen LogP contribution in [0.4, 0.5) is 0 Å². The number of benzene rings is 1. The van der Waals surface area contributed by atoms with Gasteiger partial charge in [-0.05, 0) is 62.9 Å². The molecular formula is C21H26ClN3OS. The van der Waals surface area contributed by atoms with Crippen molar-refractivity contribution in [3.8, 4) is 5.69 Å². The van der Waals surface area contributed by atoms with Crippen LogP contribution in [0.25, 0.3) is 15.9 Å². The molecule has 2 aromatic heterocycles. The van der Waals surface area contributed by atoms with E-state index in [1.165, 1.54) is 11.3 Å². The Kier molecular flexibility index (Phi) is 5.12. The first-order chi connectivity index (χ1) is 12.5. The number of halogens is 1. The highest BCUT2D eigenvalue weighted by Crippen LogP contribution is 2.32. The van der Waals surface area contributed by atoms with Gasteiger partial charge in [0.1, 0.15) is 4.83 Å². The Morgan fingerprint density at radius 1 is 1.19 bits per heavy atom. The molecule has 144 valence electrons. The van der Waals surface area contributed by atoms with Gasteiger partial charge >= 0.3 is 0 Å². The lowest BCUT2D eigenvalue weighted by atomic mass is 9.82. The maximum atomic E-state index is 12.9. The summed E-state index contributed by atoms with van der Waals surface area (Å²) in [5.41, 5.74) is 1.70. The summed E-state index contributed by atoms with van der Waals surface area (Å²) < 4.78 is 1.88. The van der Waals surface area contributed by atoms with E-state index in [1.807, 2.05) is 41.9 Å². The minimum absolute atomic E-state index is 0.0347. The number of hydrogen-bond acceptors (Lipinski definition) is 3. The van der Waals surface area contributed by atoms with Gasteiger partial charge in [-0.2, -0.15) is 5.10 Å². The second kappa shape index (κ2) is 6.95. The number of nitrogens with one attached hydrogen (secondary N) is 1. The molecule has 6 heteroatoms. The predicted molar refractivity (Wildman–Crippen MR) is 114 cm³/mol. The zero-order valence-electron chi connectivity index (χ0n) is 16.7. The second-order valence-corrected chi connectivity index (χ2v) is 10.3. The molecule has 3 rings (SSSR count). The largest absolute Gasteiger partial charge is 0.346 e. The number of amides is 1. The highest BCUT2D eigenvalue weighted by atomic mass is 35.5. The van der Waals surface area contributed by atoms with Gasteiger partial charge in [-0.25, -0.2) is 4.68 Å². The van der Waals surface area contributed by atoms with Crippen LogP contribution in [-0.2, 0) is 0 Å². The van der Waals surface area contributed by atoms with Gasteiger partial charge in [0.25, 0.3) is 5.91 Å². The van der Waals surface area contributed by atoms with Crippen molar-refractivity contribution in [2.24, 2.45) is 5.41 Å². The normalized spacial score (nSPS) is 12.6. The molecule has 27 heavy (non-hydrogen) atoms. The van der Waals surface area contributed by atoms with Crippen LogP contribution in [0.3, 0.4) is 0 Å². The van der Waals surface area contributed by atoms with Gasteiger partial charge in [0, 0.05) is 15.9 Å². The van der Waals surface area contributed by atoms with E-state index in [-0.39, 0.29) is 16.9 Å². The number of thiophene rings is 1. The van der Waals surface area contributed by atoms with E-state index in [0.29, 0.717) is 9.90 Å². The lowest BCUT2D eigenvalue weighted by Crippen LogP contribution is -2.45. The molecule has 0 spiro atoms. The monoisotopic (exact) mass is 403 g/mol. The van der Waals surface area contributed by atoms with Crippen molar-refractivity contribution in [2.45, 2.75) is 53.5 Å². The Labute approximate surface area is 169 Å². The van der Waals surface area contributed by atoms with Crippen molar-refractivity contribution in [1.82, 2.24) is 15.1 Å². The van der Waals surface area contributed by atoms with E-state index in [9.17, 15) is 4.79 Å². The summed E-state index contributed by atoms with van der Waals surface area (Å²) in [6, 6.07) is 9.49. The van der Waals surface area contributed by atoms with E-state index in [0.717, 1.165) is 28.0 Å². The maximum Gasteiger partial charge on any atom is 0.261 e. The van der Waals surface area contributed by atoms with Crippen molar-refractivity contribution in [3.63, 3.8) is 0 Å². The molecule has 0 fully saturated rings. The molecule has 0 aliphatic rings. The quantitative estimate of drug-likeness (QED) is 0.581. The summed E-state index contributed by atoms with van der Waals surface area (Å²) in [5, 5.41) is 9.51. The molecule has 1 amide bonds. The summed E-state index contributed by atoms with van der Waals surface area (Å²) in [6.45, 7) is 12.7. The van der Waals surface area contributed by atoms with Crippen molar-refractivity contribution < 1.29 is 4.79 Å². The van der Waals surface area contributed by atoms with Crippen LogP contribution in [0.2, 0.25) is 5.02 Å². The first kappa shape index (κ1) is 19.9. The van der Waals surface area contributed by atoms with Crippen LogP contribution in [0.1, 0.15) is 56.4 Å². The van der Waals surface area contributed by atoms with Gasteiger partial charge in [-0.15, -0.1) is 11.3 Å². The number of hydrogen-bond donors (Lipinski definition) is 1. The van der Waals surface area contributed by atoms with Gasteiger partial charge in [0.2, 0.25) is 0 Å². The van der Waals surface area contributed by atoms with Gasteiger partial charge in [0.05, 0.1) is 16.3 Å². The molecule has 0 radical (unpaired) electrons. The van der Waals surface area contributed by atoms with E-state index >= 15 is 0 Å². The van der Waals surface area contributed by atoms with Crippen LogP contribution in [0, 0.1) is 12.3 Å². The third-order valence-corrected chi connectivity index (χ3v) is 5.63. The number of carbonyl (C=O) groups excluding carboxylic acids is 1. The average molecular weight is 404 g/mol. The molecule has 3 aromatic rings. The van der Waals surface area contributed by atoms with E-state index in [1.54, 1.807) is 0 Å². The van der Waals surface area contributed by atoms with Crippen LogP contribution < -0.4 is 5.32 Å². The summed E-state index contributed by atoms with van der Waals surface area (Å²) in [7, 11) is 0. The molecule has 0 saturated heterocycles. The first-order valence-corrected chi connectivity index (χ1v) is 10.2. The number of fused-ring (bicyclic) bond motifs is 1. The number of aromatic nitrogens is 2. The number of aryl methyl sites for hydroxylation is 1. The molecule has 0 atom stereocenters. The van der Waals surface area contributed by atoms with E-state index in [4.69, 9.17) is 11.6 Å². The topological polar surface area (TPSA) is 46.9 Å². The number of carbonyl (C=O) groups is 1. The zero-order valence-corrected chi connectivity index (χ0v) is 18.3. The highest BCUT2D eigenvalue weighted by Gasteiger charge is 2.28. The zero-order chi connectivity index (χ0) is 20.0. The van der Waals surface area contributed by atoms with E-state index in [2.05, 4.69) is 45.0 Å². The van der Waals surface area contributed by atoms with Crippen LogP contribution >= 0.6 is 22.9 Å². The van der Waals surface area contributed by atoms with Crippen LogP contribution in [0.5, 0.6) is 0 Å². The molecule has 4 nitrogen and oxygen atoms in total.